The van der Waals surface area contributed by atoms with E-state index in [-0.39, 0.29) is 46.9 Å². The van der Waals surface area contributed by atoms with Crippen LogP contribution in [-0.4, -0.2) is 118 Å². The highest BCUT2D eigenvalue weighted by Gasteiger charge is 2.53. The summed E-state index contributed by atoms with van der Waals surface area (Å²) < 4.78 is 47.1. The number of nitrogens with one attached hydrogen (secondary N) is 2. The number of likely N-dealkylation sites (tertiary alicyclic amines) is 2. The Morgan fingerprint density at radius 1 is 1.02 bits per heavy atom. The zero-order valence-corrected chi connectivity index (χ0v) is 32.9. The lowest BCUT2D eigenvalue weighted by molar-refractivity contribution is -0.126. The fourth-order valence-electron chi connectivity index (χ4n) is 9.83. The molecule has 300 valence electrons. The van der Waals surface area contributed by atoms with Crippen molar-refractivity contribution in [2.24, 2.45) is 11.8 Å². The van der Waals surface area contributed by atoms with Crippen molar-refractivity contribution < 1.29 is 37.0 Å². The number of carbonyl (C=O) groups is 3. The number of benzene rings is 2. The van der Waals surface area contributed by atoms with Gasteiger partial charge in [0.05, 0.1) is 17.3 Å². The van der Waals surface area contributed by atoms with E-state index >= 15 is 0 Å². The van der Waals surface area contributed by atoms with Crippen molar-refractivity contribution in [1.82, 2.24) is 20.4 Å². The Labute approximate surface area is 324 Å². The smallest absolute Gasteiger partial charge is 0.407 e. The SMILES string of the molecule is C=CC(=O)N1CCCC[C@H](S(=O)(=O)c2ccc(N3CC(O)(CN4CCC(C(CNC(C)=O)(c5cccc(F)c5)[C@H]5CCC[C@@H]5NC(=O)OC)CC4)C3)cc2)C1. The van der Waals surface area contributed by atoms with E-state index in [1.165, 1.54) is 26.2 Å². The van der Waals surface area contributed by atoms with Crippen molar-refractivity contribution in [3.63, 3.8) is 0 Å². The molecule has 3 heterocycles. The number of ether oxygens (including phenoxy) is 1. The average molecular weight is 782 g/mol. The first kappa shape index (κ1) is 40.6. The van der Waals surface area contributed by atoms with Crippen LogP contribution in [0.15, 0.2) is 66.1 Å². The van der Waals surface area contributed by atoms with Crippen LogP contribution >= 0.6 is 0 Å². The van der Waals surface area contributed by atoms with E-state index in [1.807, 2.05) is 11.0 Å². The molecule has 4 atom stereocenters. The largest absolute Gasteiger partial charge is 0.453 e. The number of halogens is 1. The molecule has 0 bridgehead atoms. The second-order valence-corrected chi connectivity index (χ2v) is 18.2. The molecule has 1 unspecified atom stereocenters. The number of carbonyl (C=O) groups excluding carboxylic acids is 3. The summed E-state index contributed by atoms with van der Waals surface area (Å²) in [4.78, 5) is 43.2. The molecule has 12 nitrogen and oxygen atoms in total. The Bertz CT molecular complexity index is 1810. The van der Waals surface area contributed by atoms with Crippen molar-refractivity contribution in [2.75, 3.05) is 64.4 Å². The summed E-state index contributed by atoms with van der Waals surface area (Å²) >= 11 is 0. The van der Waals surface area contributed by atoms with E-state index in [1.54, 1.807) is 41.3 Å². The first-order valence-corrected chi connectivity index (χ1v) is 21.1. The molecule has 55 heavy (non-hydrogen) atoms. The Hall–Kier alpha value is -4.01. The van der Waals surface area contributed by atoms with Crippen molar-refractivity contribution in [3.8, 4) is 0 Å². The van der Waals surface area contributed by atoms with Crippen LogP contribution in [0, 0.1) is 17.7 Å². The Kier molecular flexibility index (Phi) is 12.6. The second-order valence-electron chi connectivity index (χ2n) is 16.0. The molecule has 2 aromatic carbocycles. The van der Waals surface area contributed by atoms with Gasteiger partial charge in [0.15, 0.2) is 9.84 Å². The maximum absolute atomic E-state index is 14.9. The summed E-state index contributed by atoms with van der Waals surface area (Å²) in [6.07, 6.45) is 6.67. The van der Waals surface area contributed by atoms with Gasteiger partial charge in [-0.05, 0) is 111 Å². The lowest BCUT2D eigenvalue weighted by Crippen LogP contribution is -2.67. The third-order valence-corrected chi connectivity index (χ3v) is 14.7. The Morgan fingerprint density at radius 2 is 1.75 bits per heavy atom. The maximum atomic E-state index is 14.9. The first-order valence-electron chi connectivity index (χ1n) is 19.6. The lowest BCUT2D eigenvalue weighted by atomic mass is 9.58. The van der Waals surface area contributed by atoms with Crippen LogP contribution in [0.25, 0.3) is 0 Å². The van der Waals surface area contributed by atoms with Crippen LogP contribution in [0.4, 0.5) is 14.9 Å². The summed E-state index contributed by atoms with van der Waals surface area (Å²) in [5, 5.41) is 17.0. The molecule has 3 saturated heterocycles. The van der Waals surface area contributed by atoms with E-state index < -0.39 is 32.2 Å². The third-order valence-electron chi connectivity index (χ3n) is 12.5. The first-order chi connectivity index (χ1) is 26.3. The minimum absolute atomic E-state index is 0.0632. The molecule has 4 aliphatic rings. The van der Waals surface area contributed by atoms with Gasteiger partial charge >= 0.3 is 6.09 Å². The fourth-order valence-corrected chi connectivity index (χ4v) is 11.6. The van der Waals surface area contributed by atoms with Gasteiger partial charge in [-0.25, -0.2) is 17.6 Å². The number of hydrogen-bond acceptors (Lipinski definition) is 9. The second kappa shape index (κ2) is 17.0. The van der Waals surface area contributed by atoms with Gasteiger partial charge in [0.25, 0.3) is 0 Å². The molecule has 1 saturated carbocycles. The van der Waals surface area contributed by atoms with Gasteiger partial charge in [0.2, 0.25) is 11.8 Å². The molecule has 3 N–H and O–H groups in total. The molecule has 0 radical (unpaired) electrons. The standard InChI is InChI=1S/C41H56FN5O7S/c1-4-38(49)46-20-6-5-11-35(24-46)55(52,53)34-16-14-33(15-17-34)47-27-40(51,28-47)26-45-21-18-30(19-22-45)41(25-43-29(2)48,31-9-7-10-32(42)23-31)36-12-8-13-37(36)44-39(50)54-3/h4,7,9-10,14-17,23,30,35-37,51H,1,5-6,8,11-13,18-22,24-28H2,2-3H3,(H,43,48)(H,44,50)/t35-,36-,37-,41?/m0/s1. The highest BCUT2D eigenvalue weighted by Crippen LogP contribution is 2.50. The number of piperidine rings is 1. The minimum atomic E-state index is -3.66. The molecule has 6 rings (SSSR count). The number of sulfone groups is 1. The lowest BCUT2D eigenvalue weighted by Gasteiger charge is -2.53. The number of rotatable bonds is 12. The van der Waals surface area contributed by atoms with E-state index in [0.29, 0.717) is 52.2 Å². The number of anilines is 1. The quantitative estimate of drug-likeness (QED) is 0.272. The number of alkyl carbamates (subject to hydrolysis) is 1. The third kappa shape index (κ3) is 8.86. The highest BCUT2D eigenvalue weighted by molar-refractivity contribution is 7.92. The summed E-state index contributed by atoms with van der Waals surface area (Å²) in [6.45, 7) is 8.71. The number of methoxy groups -OCH3 is 1. The maximum Gasteiger partial charge on any atom is 0.407 e. The van der Waals surface area contributed by atoms with Gasteiger partial charge in [0.1, 0.15) is 11.4 Å². The number of hydrogen-bond donors (Lipinski definition) is 3. The normalized spacial score (nSPS) is 24.5. The van der Waals surface area contributed by atoms with Gasteiger partial charge in [-0.15, -0.1) is 0 Å². The molecule has 0 spiro atoms. The summed E-state index contributed by atoms with van der Waals surface area (Å²) in [5.74, 6) is -0.773. The molecule has 4 fully saturated rings. The van der Waals surface area contributed by atoms with E-state index in [0.717, 1.165) is 56.2 Å². The average Bonchev–Trinajstić information content (AvgIpc) is 3.47. The minimum Gasteiger partial charge on any atom is -0.453 e. The van der Waals surface area contributed by atoms with Gasteiger partial charge in [-0.1, -0.05) is 31.6 Å². The molecule has 3 amide bonds. The van der Waals surface area contributed by atoms with E-state index in [9.17, 15) is 32.3 Å². The van der Waals surface area contributed by atoms with Gasteiger partial charge < -0.3 is 35.2 Å². The van der Waals surface area contributed by atoms with Crippen LogP contribution in [0.2, 0.25) is 0 Å². The zero-order chi connectivity index (χ0) is 39.4. The molecule has 1 aliphatic carbocycles. The van der Waals surface area contributed by atoms with Crippen molar-refractivity contribution >= 4 is 33.4 Å². The molecule has 2 aromatic rings. The molecule has 3 aliphatic heterocycles. The van der Waals surface area contributed by atoms with Gasteiger partial charge in [-0.2, -0.15) is 0 Å². The van der Waals surface area contributed by atoms with Crippen LogP contribution in [0.1, 0.15) is 63.9 Å². The van der Waals surface area contributed by atoms with Crippen LogP contribution in [0.5, 0.6) is 0 Å². The predicted octanol–water partition coefficient (Wildman–Crippen LogP) is 4.03. The predicted molar refractivity (Wildman–Crippen MR) is 208 cm³/mol. The molecule has 14 heteroatoms. The van der Waals surface area contributed by atoms with Gasteiger partial charge in [0, 0.05) is 63.3 Å². The molecule has 0 aromatic heterocycles. The summed E-state index contributed by atoms with van der Waals surface area (Å²) in [5.41, 5.74) is 0.0472. The Morgan fingerprint density at radius 3 is 2.40 bits per heavy atom. The van der Waals surface area contributed by atoms with Crippen LogP contribution in [0.3, 0.4) is 0 Å². The number of β-amino-alcohol motifs (C(OH)–C–C–N with tert-alkyl or cyclic N) is 1. The highest BCUT2D eigenvalue weighted by atomic mass is 32.2. The molecular weight excluding hydrogens is 726 g/mol. The number of amides is 3. The van der Waals surface area contributed by atoms with Crippen LogP contribution in [-0.2, 0) is 29.6 Å². The molecular formula is C41H56FN5O7S. The van der Waals surface area contributed by atoms with Gasteiger partial charge in [-0.3, -0.25) is 9.59 Å². The van der Waals surface area contributed by atoms with Crippen LogP contribution < -0.4 is 15.5 Å². The number of aliphatic hydroxyl groups is 1. The monoisotopic (exact) mass is 781 g/mol. The van der Waals surface area contributed by atoms with Crippen molar-refractivity contribution in [2.45, 2.75) is 85.5 Å². The van der Waals surface area contributed by atoms with Crippen molar-refractivity contribution in [1.29, 1.82) is 0 Å². The topological polar surface area (TPSA) is 149 Å². The summed E-state index contributed by atoms with van der Waals surface area (Å²) in [7, 11) is -2.32. The number of nitrogens with zero attached hydrogens (tertiary/aromatic N) is 3. The van der Waals surface area contributed by atoms with E-state index in [2.05, 4.69) is 22.1 Å². The van der Waals surface area contributed by atoms with Crippen molar-refractivity contribution in [3.05, 3.63) is 72.6 Å². The fraction of sp³-hybridized carbons (Fsp3) is 0.585. The zero-order valence-electron chi connectivity index (χ0n) is 32.1. The van der Waals surface area contributed by atoms with E-state index in [4.69, 9.17) is 4.74 Å². The Balaban J connectivity index is 1.11. The summed E-state index contributed by atoms with van der Waals surface area (Å²) in [6, 6.07) is 13.3.